The summed E-state index contributed by atoms with van der Waals surface area (Å²) in [6.45, 7) is 0.808. The molecule has 2 aromatic rings. The third kappa shape index (κ3) is 4.21. The standard InChI is InChI=1S/C18H21NO2P.Pd/c20-18(17-12-7-13-19-17)14-22(21,15-8-3-1-4-9-15)16-10-5-2-6-11-16;/h1-6,8-11,17-18,20H,7,12-14H2;/q-1;. The average molecular weight is 421 g/mol. The summed E-state index contributed by atoms with van der Waals surface area (Å²) in [6, 6.07) is 18.9. The SMILES string of the molecule is O=P(CC(O)C1CCC[N-]1)(c1ccccc1)c1ccccc1.[Pd]. The molecule has 3 rings (SSSR count). The molecule has 2 atom stereocenters. The van der Waals surface area contributed by atoms with Crippen LogP contribution in [-0.2, 0) is 25.0 Å². The molecule has 5 heteroatoms. The predicted octanol–water partition coefficient (Wildman–Crippen LogP) is 2.90. The van der Waals surface area contributed by atoms with Crippen LogP contribution in [0.2, 0.25) is 0 Å². The molecule has 1 heterocycles. The van der Waals surface area contributed by atoms with Crippen LogP contribution in [0.5, 0.6) is 0 Å². The van der Waals surface area contributed by atoms with Crippen LogP contribution in [0.15, 0.2) is 60.7 Å². The Kier molecular flexibility index (Phi) is 6.77. The predicted molar refractivity (Wildman–Crippen MR) is 91.9 cm³/mol. The molecule has 1 aliphatic heterocycles. The molecule has 0 saturated carbocycles. The van der Waals surface area contributed by atoms with E-state index in [4.69, 9.17) is 0 Å². The second kappa shape index (κ2) is 8.38. The smallest absolute Gasteiger partial charge is 0.145 e. The van der Waals surface area contributed by atoms with E-state index in [1.54, 1.807) is 0 Å². The first kappa shape index (κ1) is 18.6. The Hall–Kier alpha value is -0.748. The Bertz CT molecular complexity index is 601. The molecular formula is C18H21NO2PPd-. The summed E-state index contributed by atoms with van der Waals surface area (Å²) in [5.41, 5.74) is 0. The topological polar surface area (TPSA) is 51.4 Å². The first-order valence-electron chi connectivity index (χ1n) is 7.75. The normalized spacial score (nSPS) is 19.1. The van der Waals surface area contributed by atoms with Crippen molar-refractivity contribution in [3.63, 3.8) is 0 Å². The van der Waals surface area contributed by atoms with E-state index in [0.29, 0.717) is 0 Å². The molecule has 23 heavy (non-hydrogen) atoms. The molecule has 0 bridgehead atoms. The molecule has 0 radical (unpaired) electrons. The van der Waals surface area contributed by atoms with Gasteiger partial charge in [0.25, 0.3) is 0 Å². The van der Waals surface area contributed by atoms with Gasteiger partial charge in [-0.05, 0) is 0 Å². The van der Waals surface area contributed by atoms with E-state index in [1.165, 1.54) is 0 Å². The van der Waals surface area contributed by atoms with E-state index in [9.17, 15) is 9.67 Å². The molecule has 1 N–H and O–H groups in total. The number of nitrogens with zero attached hydrogens (tertiary/aromatic N) is 1. The number of rotatable bonds is 5. The molecule has 1 fully saturated rings. The molecule has 3 nitrogen and oxygen atoms in total. The molecule has 0 aliphatic carbocycles. The van der Waals surface area contributed by atoms with Crippen LogP contribution in [0.1, 0.15) is 12.8 Å². The minimum absolute atomic E-state index is 0. The fourth-order valence-corrected chi connectivity index (χ4v) is 5.84. The van der Waals surface area contributed by atoms with Gasteiger partial charge in [-0.1, -0.05) is 73.5 Å². The zero-order chi connectivity index (χ0) is 15.4. The van der Waals surface area contributed by atoms with E-state index in [-0.39, 0.29) is 32.6 Å². The summed E-state index contributed by atoms with van der Waals surface area (Å²) >= 11 is 0. The number of hydrogen-bond donors (Lipinski definition) is 1. The monoisotopic (exact) mass is 420 g/mol. The van der Waals surface area contributed by atoms with Gasteiger partial charge >= 0.3 is 0 Å². The van der Waals surface area contributed by atoms with E-state index in [1.807, 2.05) is 60.7 Å². The molecular weight excluding hydrogens is 400 g/mol. The minimum atomic E-state index is -2.84. The van der Waals surface area contributed by atoms with Crippen LogP contribution < -0.4 is 10.6 Å². The van der Waals surface area contributed by atoms with Gasteiger partial charge in [-0.3, -0.25) is 0 Å². The second-order valence-corrected chi connectivity index (χ2v) is 8.65. The fraction of sp³-hybridized carbons (Fsp3) is 0.333. The Morgan fingerprint density at radius 1 is 1.04 bits per heavy atom. The van der Waals surface area contributed by atoms with E-state index in [2.05, 4.69) is 5.32 Å². The van der Waals surface area contributed by atoms with Gasteiger partial charge in [0.15, 0.2) is 0 Å². The summed E-state index contributed by atoms with van der Waals surface area (Å²) in [5.74, 6) is 0. The van der Waals surface area contributed by atoms with Crippen molar-refractivity contribution < 1.29 is 30.1 Å². The summed E-state index contributed by atoms with van der Waals surface area (Å²) in [7, 11) is -2.84. The third-order valence-electron chi connectivity index (χ3n) is 4.26. The van der Waals surface area contributed by atoms with Gasteiger partial charge in [-0.25, -0.2) is 0 Å². The van der Waals surface area contributed by atoms with Crippen LogP contribution >= 0.6 is 7.14 Å². The van der Waals surface area contributed by atoms with Gasteiger partial charge in [0, 0.05) is 43.3 Å². The first-order chi connectivity index (χ1) is 10.7. The van der Waals surface area contributed by atoms with Crippen molar-refractivity contribution in [2.45, 2.75) is 25.0 Å². The maximum atomic E-state index is 13.8. The van der Waals surface area contributed by atoms with E-state index >= 15 is 0 Å². The maximum Gasteiger partial charge on any atom is 0.145 e. The van der Waals surface area contributed by atoms with Gasteiger partial charge in [0.2, 0.25) is 0 Å². The van der Waals surface area contributed by atoms with Gasteiger partial charge in [0.05, 0.1) is 0 Å². The van der Waals surface area contributed by atoms with Gasteiger partial charge in [-0.15, -0.1) is 12.6 Å². The summed E-state index contributed by atoms with van der Waals surface area (Å²) < 4.78 is 13.8. The van der Waals surface area contributed by atoms with Crippen molar-refractivity contribution >= 4 is 17.8 Å². The second-order valence-electron chi connectivity index (χ2n) is 5.78. The van der Waals surface area contributed by atoms with Crippen molar-refractivity contribution in [1.29, 1.82) is 0 Å². The molecule has 126 valence electrons. The number of benzene rings is 2. The summed E-state index contributed by atoms with van der Waals surface area (Å²) in [6.07, 6.45) is 1.52. The van der Waals surface area contributed by atoms with E-state index < -0.39 is 13.2 Å². The van der Waals surface area contributed by atoms with Gasteiger partial charge < -0.3 is 15.0 Å². The zero-order valence-electron chi connectivity index (χ0n) is 12.8. The van der Waals surface area contributed by atoms with Crippen LogP contribution in [-0.4, -0.2) is 30.0 Å². The molecule has 0 aromatic heterocycles. The van der Waals surface area contributed by atoms with Crippen molar-refractivity contribution in [3.05, 3.63) is 66.0 Å². The quantitative estimate of drug-likeness (QED) is 0.597. The Labute approximate surface area is 151 Å². The molecule has 2 aromatic carbocycles. The van der Waals surface area contributed by atoms with E-state index in [0.717, 1.165) is 30.0 Å². The summed E-state index contributed by atoms with van der Waals surface area (Å²) in [5, 5.41) is 16.6. The Morgan fingerprint density at radius 3 is 2.00 bits per heavy atom. The number of aliphatic hydroxyl groups excluding tert-OH is 1. The van der Waals surface area contributed by atoms with Crippen molar-refractivity contribution in [3.8, 4) is 0 Å². The Morgan fingerprint density at radius 2 is 1.57 bits per heavy atom. The first-order valence-corrected chi connectivity index (χ1v) is 9.64. The van der Waals surface area contributed by atoms with Crippen molar-refractivity contribution in [1.82, 2.24) is 0 Å². The largest absolute Gasteiger partial charge is 0.657 e. The van der Waals surface area contributed by atoms with Gasteiger partial charge in [-0.2, -0.15) is 0 Å². The van der Waals surface area contributed by atoms with Crippen LogP contribution in [0, 0.1) is 0 Å². The van der Waals surface area contributed by atoms with Crippen molar-refractivity contribution in [2.24, 2.45) is 0 Å². The molecule has 0 spiro atoms. The number of hydrogen-bond acceptors (Lipinski definition) is 2. The molecule has 2 unspecified atom stereocenters. The third-order valence-corrected chi connectivity index (χ3v) is 7.41. The van der Waals surface area contributed by atoms with Gasteiger partial charge in [0.1, 0.15) is 7.14 Å². The molecule has 0 amide bonds. The summed E-state index contributed by atoms with van der Waals surface area (Å²) in [4.78, 5) is 0. The van der Waals surface area contributed by atoms with Crippen LogP contribution in [0.3, 0.4) is 0 Å². The average Bonchev–Trinajstić information content (AvgIpc) is 3.11. The Balaban J connectivity index is 0.00000192. The minimum Gasteiger partial charge on any atom is -0.657 e. The van der Waals surface area contributed by atoms with Crippen LogP contribution in [0.25, 0.3) is 5.32 Å². The molecule has 1 aliphatic rings. The number of aliphatic hydroxyl groups is 1. The zero-order valence-corrected chi connectivity index (χ0v) is 15.3. The molecule has 1 saturated heterocycles. The fourth-order valence-electron chi connectivity index (χ4n) is 3.05. The van der Waals surface area contributed by atoms with Crippen molar-refractivity contribution in [2.75, 3.05) is 12.7 Å². The van der Waals surface area contributed by atoms with Crippen LogP contribution in [0.4, 0.5) is 0 Å². The maximum absolute atomic E-state index is 13.8.